The van der Waals surface area contributed by atoms with E-state index in [0.29, 0.717) is 23.3 Å². The number of ether oxygens (including phenoxy) is 2. The predicted octanol–water partition coefficient (Wildman–Crippen LogP) is 3.47. The summed E-state index contributed by atoms with van der Waals surface area (Å²) in [6.07, 6.45) is 0.962. The first kappa shape index (κ1) is 25.2. The fraction of sp³-hybridized carbons (Fsp3) is 0.300. The maximum atomic E-state index is 10.2. The van der Waals surface area contributed by atoms with Crippen molar-refractivity contribution in [2.24, 2.45) is 0 Å². The van der Waals surface area contributed by atoms with Gasteiger partial charge in [-0.1, -0.05) is 36.4 Å². The predicted molar refractivity (Wildman–Crippen MR) is 95.9 cm³/mol. The summed E-state index contributed by atoms with van der Waals surface area (Å²) in [6.45, 7) is 1.65. The third kappa shape index (κ3) is 10.1. The molecular weight excluding hydrogens is 737 g/mol. The molecule has 2 N–H and O–H groups in total. The van der Waals surface area contributed by atoms with Crippen molar-refractivity contribution in [3.8, 4) is 0 Å². The molecule has 2 atom stereocenters. The fourth-order valence-electron chi connectivity index (χ4n) is 2.31. The van der Waals surface area contributed by atoms with E-state index in [-0.39, 0.29) is 0 Å². The fourth-order valence-corrected chi connectivity index (χ4v) is 6.50. The number of rotatable bonds is 4. The summed E-state index contributed by atoms with van der Waals surface area (Å²) in [4.78, 5) is 20.4. The van der Waals surface area contributed by atoms with Gasteiger partial charge in [0.2, 0.25) is 0 Å². The number of carboxylic acids is 2. The van der Waals surface area contributed by atoms with Crippen LogP contribution >= 0.6 is 0 Å². The van der Waals surface area contributed by atoms with Crippen LogP contribution in [-0.2, 0) is 61.7 Å². The van der Waals surface area contributed by atoms with Gasteiger partial charge in [0.25, 0.3) is 0 Å². The molecule has 0 spiro atoms. The molecule has 1 aliphatic heterocycles. The molecule has 0 bridgehead atoms. The Balaban J connectivity index is 0.000000210. The molecule has 0 amide bonds. The molecule has 142 valence electrons. The van der Waals surface area contributed by atoms with Crippen LogP contribution in [-0.4, -0.2) is 47.6 Å². The SMILES string of the molecule is O=C(O)c1ccccc1.O=C(O)c1ccccc1.[Hg][CH2]C1OCCOC1[CH2][Hg]. The second-order valence-electron chi connectivity index (χ2n) is 5.74. The Morgan fingerprint density at radius 3 is 1.29 bits per heavy atom. The van der Waals surface area contributed by atoms with E-state index in [4.69, 9.17) is 19.7 Å². The van der Waals surface area contributed by atoms with Crippen molar-refractivity contribution in [2.75, 3.05) is 13.2 Å². The van der Waals surface area contributed by atoms with Gasteiger partial charge in [-0.25, -0.2) is 9.59 Å². The molecule has 1 fully saturated rings. The van der Waals surface area contributed by atoms with E-state index < -0.39 is 11.9 Å². The van der Waals surface area contributed by atoms with Crippen LogP contribution < -0.4 is 0 Å². The Morgan fingerprint density at radius 2 is 1.07 bits per heavy atom. The summed E-state index contributed by atoms with van der Waals surface area (Å²) in [5.41, 5.74) is 0.662. The van der Waals surface area contributed by atoms with Crippen LogP contribution in [0.4, 0.5) is 0 Å². The molecule has 2 aromatic rings. The van der Waals surface area contributed by atoms with Gasteiger partial charge in [-0.2, -0.15) is 0 Å². The third-order valence-corrected chi connectivity index (χ3v) is 8.20. The van der Waals surface area contributed by atoms with E-state index in [9.17, 15) is 9.59 Å². The van der Waals surface area contributed by atoms with Crippen LogP contribution in [0.2, 0.25) is 7.86 Å². The van der Waals surface area contributed by atoms with E-state index in [1.165, 1.54) is 7.86 Å². The van der Waals surface area contributed by atoms with Gasteiger partial charge in [0.1, 0.15) is 0 Å². The minimum atomic E-state index is -0.879. The van der Waals surface area contributed by atoms with E-state index in [2.05, 4.69) is 0 Å². The van der Waals surface area contributed by atoms with Gasteiger partial charge in [0, 0.05) is 0 Å². The second kappa shape index (κ2) is 15.1. The number of carboxylic acid groups (broad SMARTS) is 2. The van der Waals surface area contributed by atoms with Gasteiger partial charge in [-0.3, -0.25) is 0 Å². The van der Waals surface area contributed by atoms with Crippen LogP contribution in [0.15, 0.2) is 60.7 Å². The van der Waals surface area contributed by atoms with Gasteiger partial charge in [-0.15, -0.1) is 0 Å². The number of carbonyl (C=O) groups is 2. The first-order chi connectivity index (χ1) is 13.5. The maximum absolute atomic E-state index is 10.2. The Labute approximate surface area is 197 Å². The zero-order valence-electron chi connectivity index (χ0n) is 15.7. The summed E-state index contributed by atoms with van der Waals surface area (Å²) in [6, 6.07) is 16.6. The second-order valence-corrected chi connectivity index (χ2v) is 10.2. The van der Waals surface area contributed by atoms with E-state index in [1.807, 2.05) is 0 Å². The van der Waals surface area contributed by atoms with Crippen molar-refractivity contribution >= 4 is 11.9 Å². The van der Waals surface area contributed by atoms with Crippen molar-refractivity contribution < 1.29 is 81.5 Å². The molecule has 6 nitrogen and oxygen atoms in total. The average molecular weight is 760 g/mol. The van der Waals surface area contributed by atoms with Crippen molar-refractivity contribution in [1.82, 2.24) is 0 Å². The van der Waals surface area contributed by atoms with Crippen LogP contribution in [0.3, 0.4) is 0 Å². The zero-order valence-corrected chi connectivity index (χ0v) is 26.7. The van der Waals surface area contributed by atoms with E-state index in [1.54, 1.807) is 60.7 Å². The van der Waals surface area contributed by atoms with E-state index in [0.717, 1.165) is 65.5 Å². The topological polar surface area (TPSA) is 93.1 Å². The van der Waals surface area contributed by atoms with Gasteiger partial charge in [-0.05, 0) is 24.3 Å². The average Bonchev–Trinajstić information content (AvgIpc) is 2.75. The van der Waals surface area contributed by atoms with Crippen molar-refractivity contribution in [1.29, 1.82) is 0 Å². The van der Waals surface area contributed by atoms with Crippen molar-refractivity contribution in [2.45, 2.75) is 20.1 Å². The molecule has 0 radical (unpaired) electrons. The quantitative estimate of drug-likeness (QED) is 0.465. The minimum absolute atomic E-state index is 0.331. The first-order valence-electron chi connectivity index (χ1n) is 8.88. The number of benzene rings is 2. The van der Waals surface area contributed by atoms with Crippen LogP contribution in [0.1, 0.15) is 20.7 Å². The molecule has 1 heterocycles. The molecule has 8 heteroatoms. The van der Waals surface area contributed by atoms with Crippen LogP contribution in [0, 0.1) is 0 Å². The standard InChI is InChI=1S/2C7H6O2.C6H10O2.2Hg/c2*8-7(9)6-4-2-1-3-5-6;1-5-6(2)8-4-3-7-5;;/h2*1-5H,(H,8,9);5-6H,1-4H2;;. The van der Waals surface area contributed by atoms with Gasteiger partial charge >= 0.3 is 107 Å². The number of aromatic carboxylic acids is 2. The van der Waals surface area contributed by atoms with Gasteiger partial charge in [0.05, 0.1) is 11.1 Å². The van der Waals surface area contributed by atoms with Crippen LogP contribution in [0.25, 0.3) is 0 Å². The van der Waals surface area contributed by atoms with Crippen molar-refractivity contribution in [3.05, 3.63) is 71.8 Å². The molecule has 2 unspecified atom stereocenters. The monoisotopic (exact) mass is 762 g/mol. The Bertz CT molecular complexity index is 635. The summed E-state index contributed by atoms with van der Waals surface area (Å²) in [7, 11) is 0. The molecule has 3 rings (SSSR count). The molecule has 0 saturated carbocycles. The van der Waals surface area contributed by atoms with Crippen LogP contribution in [0.5, 0.6) is 0 Å². The van der Waals surface area contributed by atoms with E-state index >= 15 is 0 Å². The Morgan fingerprint density at radius 1 is 0.750 bits per heavy atom. The normalized spacial score (nSPS) is 18.0. The molecule has 0 aliphatic carbocycles. The zero-order chi connectivity index (χ0) is 20.8. The molecule has 28 heavy (non-hydrogen) atoms. The molecule has 0 aromatic heterocycles. The summed E-state index contributed by atoms with van der Waals surface area (Å²) < 4.78 is 13.8. The first-order valence-corrected chi connectivity index (χ1v) is 16.7. The van der Waals surface area contributed by atoms with Gasteiger partial charge in [0.15, 0.2) is 0 Å². The van der Waals surface area contributed by atoms with Gasteiger partial charge < -0.3 is 10.2 Å². The molecular formula is C20H22Hg2O6. The molecule has 1 saturated heterocycles. The summed E-state index contributed by atoms with van der Waals surface area (Å²) in [5.74, 6) is -1.76. The number of hydrogen-bond acceptors (Lipinski definition) is 4. The molecule has 2 aromatic carbocycles. The van der Waals surface area contributed by atoms with Crippen molar-refractivity contribution in [3.63, 3.8) is 0 Å². The Kier molecular flexibility index (Phi) is 13.6. The number of hydrogen-bond donors (Lipinski definition) is 2. The summed E-state index contributed by atoms with van der Waals surface area (Å²) in [5, 5.41) is 16.8. The Hall–Kier alpha value is -0.830. The third-order valence-electron chi connectivity index (χ3n) is 3.77. The molecule has 1 aliphatic rings. The summed E-state index contributed by atoms with van der Waals surface area (Å²) >= 11 is 1.74.